The van der Waals surface area contributed by atoms with Gasteiger partial charge in [0.15, 0.2) is 0 Å². The third kappa shape index (κ3) is 5.92. The standard InChI is InChI=1S/C15H24O4S/c1-3-4-5-6-7-8-11-19-14-9-10-15(13(2)12-14)20(16,17)18/h9-10,12H,3-8,11H2,1-2H3,(H,16,17,18). The minimum atomic E-state index is -4.14. The van der Waals surface area contributed by atoms with Gasteiger partial charge in [-0.05, 0) is 37.1 Å². The van der Waals surface area contributed by atoms with E-state index in [2.05, 4.69) is 6.92 Å². The van der Waals surface area contributed by atoms with E-state index in [1.165, 1.54) is 31.7 Å². The van der Waals surface area contributed by atoms with Gasteiger partial charge in [0.05, 0.1) is 11.5 Å². The summed E-state index contributed by atoms with van der Waals surface area (Å²) in [5.74, 6) is 0.642. The van der Waals surface area contributed by atoms with Crippen molar-refractivity contribution >= 4 is 10.1 Å². The summed E-state index contributed by atoms with van der Waals surface area (Å²) in [4.78, 5) is -0.0654. The second kappa shape index (κ2) is 8.27. The zero-order valence-corrected chi connectivity index (χ0v) is 13.1. The molecule has 0 fully saturated rings. The van der Waals surface area contributed by atoms with Gasteiger partial charge in [-0.2, -0.15) is 8.42 Å². The fourth-order valence-electron chi connectivity index (χ4n) is 2.07. The number of aryl methyl sites for hydroxylation is 1. The molecule has 0 aliphatic rings. The van der Waals surface area contributed by atoms with E-state index in [-0.39, 0.29) is 4.90 Å². The molecule has 1 rings (SSSR count). The number of benzene rings is 1. The Bertz CT molecular complexity index is 509. The van der Waals surface area contributed by atoms with Crippen molar-refractivity contribution in [3.05, 3.63) is 23.8 Å². The van der Waals surface area contributed by atoms with Gasteiger partial charge in [-0.25, -0.2) is 0 Å². The van der Waals surface area contributed by atoms with E-state index in [0.29, 0.717) is 17.9 Å². The lowest BCUT2D eigenvalue weighted by molar-refractivity contribution is 0.304. The summed E-state index contributed by atoms with van der Waals surface area (Å²) >= 11 is 0. The molecule has 4 nitrogen and oxygen atoms in total. The first-order valence-corrected chi connectivity index (χ1v) is 8.60. The predicted molar refractivity (Wildman–Crippen MR) is 79.9 cm³/mol. The van der Waals surface area contributed by atoms with E-state index in [1.807, 2.05) is 0 Å². The highest BCUT2D eigenvalue weighted by molar-refractivity contribution is 7.85. The maximum absolute atomic E-state index is 11.1. The fourth-order valence-corrected chi connectivity index (χ4v) is 2.78. The smallest absolute Gasteiger partial charge is 0.294 e. The molecule has 0 aliphatic carbocycles. The number of hydrogen-bond acceptors (Lipinski definition) is 3. The lowest BCUT2D eigenvalue weighted by atomic mass is 10.1. The number of hydrogen-bond donors (Lipinski definition) is 1. The third-order valence-electron chi connectivity index (χ3n) is 3.19. The van der Waals surface area contributed by atoms with E-state index in [0.717, 1.165) is 12.8 Å². The summed E-state index contributed by atoms with van der Waals surface area (Å²) in [6, 6.07) is 4.59. The SMILES string of the molecule is CCCCCCCCOc1ccc(S(=O)(=O)O)c(C)c1. The molecular weight excluding hydrogens is 276 g/mol. The zero-order valence-electron chi connectivity index (χ0n) is 12.3. The molecule has 0 heterocycles. The lowest BCUT2D eigenvalue weighted by Crippen LogP contribution is -2.02. The van der Waals surface area contributed by atoms with Gasteiger partial charge in [-0.3, -0.25) is 4.55 Å². The predicted octanol–water partition coefficient (Wildman–Crippen LogP) is 3.98. The van der Waals surface area contributed by atoms with Gasteiger partial charge >= 0.3 is 0 Å². The van der Waals surface area contributed by atoms with Crippen LogP contribution in [0.5, 0.6) is 5.75 Å². The monoisotopic (exact) mass is 300 g/mol. The van der Waals surface area contributed by atoms with Crippen LogP contribution in [0.25, 0.3) is 0 Å². The van der Waals surface area contributed by atoms with Gasteiger partial charge in [0.2, 0.25) is 0 Å². The molecule has 1 aromatic carbocycles. The average molecular weight is 300 g/mol. The molecule has 0 radical (unpaired) electrons. The Morgan fingerprint density at radius 1 is 1.10 bits per heavy atom. The average Bonchev–Trinajstić information content (AvgIpc) is 2.36. The van der Waals surface area contributed by atoms with Gasteiger partial charge in [-0.1, -0.05) is 39.0 Å². The molecule has 0 aromatic heterocycles. The number of rotatable bonds is 9. The maximum Gasteiger partial charge on any atom is 0.294 e. The summed E-state index contributed by atoms with van der Waals surface area (Å²) in [5.41, 5.74) is 0.493. The lowest BCUT2D eigenvalue weighted by Gasteiger charge is -2.08. The topological polar surface area (TPSA) is 63.6 Å². The van der Waals surface area contributed by atoms with Crippen molar-refractivity contribution in [2.45, 2.75) is 57.3 Å². The van der Waals surface area contributed by atoms with Crippen molar-refractivity contribution in [2.75, 3.05) is 6.61 Å². The van der Waals surface area contributed by atoms with Crippen LogP contribution in [0.2, 0.25) is 0 Å². The first-order chi connectivity index (χ1) is 9.45. The molecule has 0 unspecified atom stereocenters. The summed E-state index contributed by atoms with van der Waals surface area (Å²) < 4.78 is 36.7. The van der Waals surface area contributed by atoms with Crippen molar-refractivity contribution in [1.29, 1.82) is 0 Å². The molecule has 0 amide bonds. The van der Waals surface area contributed by atoms with E-state index in [9.17, 15) is 8.42 Å². The van der Waals surface area contributed by atoms with Crippen molar-refractivity contribution < 1.29 is 17.7 Å². The van der Waals surface area contributed by atoms with Gasteiger partial charge in [-0.15, -0.1) is 0 Å². The normalized spacial score (nSPS) is 11.6. The molecule has 0 spiro atoms. The summed E-state index contributed by atoms with van der Waals surface area (Å²) in [6.45, 7) is 4.47. The van der Waals surface area contributed by atoms with Crippen LogP contribution < -0.4 is 4.74 Å². The minimum Gasteiger partial charge on any atom is -0.494 e. The Kier molecular flexibility index (Phi) is 7.02. The van der Waals surface area contributed by atoms with E-state index < -0.39 is 10.1 Å². The Labute approximate surface area is 121 Å². The van der Waals surface area contributed by atoms with Crippen molar-refractivity contribution in [3.63, 3.8) is 0 Å². The summed E-state index contributed by atoms with van der Waals surface area (Å²) in [5, 5.41) is 0. The molecule has 5 heteroatoms. The minimum absolute atomic E-state index is 0.0654. The van der Waals surface area contributed by atoms with Gasteiger partial charge < -0.3 is 4.74 Å². The largest absolute Gasteiger partial charge is 0.494 e. The Hall–Kier alpha value is -1.07. The van der Waals surface area contributed by atoms with E-state index in [1.54, 1.807) is 19.1 Å². The van der Waals surface area contributed by atoms with Crippen molar-refractivity contribution in [1.82, 2.24) is 0 Å². The van der Waals surface area contributed by atoms with E-state index >= 15 is 0 Å². The van der Waals surface area contributed by atoms with Gasteiger partial charge in [0, 0.05) is 0 Å². The van der Waals surface area contributed by atoms with E-state index in [4.69, 9.17) is 9.29 Å². The van der Waals surface area contributed by atoms with Crippen LogP contribution in [-0.4, -0.2) is 19.6 Å². The molecule has 0 saturated heterocycles. The summed E-state index contributed by atoms with van der Waals surface area (Å²) in [7, 11) is -4.14. The summed E-state index contributed by atoms with van der Waals surface area (Å²) in [6.07, 6.45) is 7.20. The van der Waals surface area contributed by atoms with Crippen LogP contribution in [0, 0.1) is 6.92 Å². The highest BCUT2D eigenvalue weighted by Gasteiger charge is 2.13. The molecular formula is C15H24O4S. The molecule has 114 valence electrons. The molecule has 1 N–H and O–H groups in total. The molecule has 0 atom stereocenters. The van der Waals surface area contributed by atoms with Gasteiger partial charge in [0.25, 0.3) is 10.1 Å². The Morgan fingerprint density at radius 3 is 2.35 bits per heavy atom. The molecule has 0 bridgehead atoms. The highest BCUT2D eigenvalue weighted by Crippen LogP contribution is 2.21. The first kappa shape index (κ1) is 17.0. The van der Waals surface area contributed by atoms with Crippen molar-refractivity contribution in [2.24, 2.45) is 0 Å². The second-order valence-corrected chi connectivity index (χ2v) is 6.41. The molecule has 1 aromatic rings. The van der Waals surface area contributed by atoms with Crippen LogP contribution in [0.15, 0.2) is 23.1 Å². The molecule has 20 heavy (non-hydrogen) atoms. The third-order valence-corrected chi connectivity index (χ3v) is 4.20. The highest BCUT2D eigenvalue weighted by atomic mass is 32.2. The van der Waals surface area contributed by atoms with Gasteiger partial charge in [0.1, 0.15) is 5.75 Å². The molecule has 0 saturated carbocycles. The molecule has 0 aliphatic heterocycles. The van der Waals surface area contributed by atoms with Crippen LogP contribution in [0.3, 0.4) is 0 Å². The van der Waals surface area contributed by atoms with Crippen molar-refractivity contribution in [3.8, 4) is 5.75 Å². The Morgan fingerprint density at radius 2 is 1.75 bits per heavy atom. The number of unbranched alkanes of at least 4 members (excludes halogenated alkanes) is 5. The quantitative estimate of drug-likeness (QED) is 0.553. The van der Waals surface area contributed by atoms with Crippen LogP contribution in [-0.2, 0) is 10.1 Å². The zero-order chi connectivity index (χ0) is 15.0. The van der Waals surface area contributed by atoms with Crippen LogP contribution in [0.4, 0.5) is 0 Å². The maximum atomic E-state index is 11.1. The first-order valence-electron chi connectivity index (χ1n) is 7.16. The Balaban J connectivity index is 2.37. The number of ether oxygens (including phenoxy) is 1. The second-order valence-electron chi connectivity index (χ2n) is 5.02. The van der Waals surface area contributed by atoms with Crippen LogP contribution in [0.1, 0.15) is 51.0 Å². The fraction of sp³-hybridized carbons (Fsp3) is 0.600. The van der Waals surface area contributed by atoms with Crippen LogP contribution >= 0.6 is 0 Å².